The predicted molar refractivity (Wildman–Crippen MR) is 66.4 cm³/mol. The summed E-state index contributed by atoms with van der Waals surface area (Å²) in [5.74, 6) is -0.998. The summed E-state index contributed by atoms with van der Waals surface area (Å²) in [6, 6.07) is 4.91. The van der Waals surface area contributed by atoms with Gasteiger partial charge < -0.3 is 10.4 Å². The number of benzene rings is 1. The number of carboxylic acid groups (broad SMARTS) is 1. The van der Waals surface area contributed by atoms with Gasteiger partial charge in [-0.1, -0.05) is 31.4 Å². The molecule has 0 atom stereocenters. The van der Waals surface area contributed by atoms with Crippen LogP contribution in [0.25, 0.3) is 0 Å². The molecule has 0 amide bonds. The summed E-state index contributed by atoms with van der Waals surface area (Å²) in [5.41, 5.74) is 1.01. The molecular weight excluding hydrogens is 226 g/mol. The first-order chi connectivity index (χ1) is 7.65. The van der Waals surface area contributed by atoms with Crippen molar-refractivity contribution < 1.29 is 9.90 Å². The van der Waals surface area contributed by atoms with Crippen LogP contribution < -0.4 is 5.32 Å². The van der Waals surface area contributed by atoms with Crippen LogP contribution in [0.3, 0.4) is 0 Å². The fraction of sp³-hybridized carbons (Fsp3) is 0.417. The Bertz CT molecular complexity index is 366. The van der Waals surface area contributed by atoms with Crippen LogP contribution in [0.5, 0.6) is 0 Å². The third-order valence-corrected chi connectivity index (χ3v) is 2.62. The lowest BCUT2D eigenvalue weighted by atomic mass is 10.2. The third-order valence-electron chi connectivity index (χ3n) is 2.31. The lowest BCUT2D eigenvalue weighted by Crippen LogP contribution is -2.03. The Hall–Kier alpha value is -1.22. The first kappa shape index (κ1) is 12.8. The number of halogens is 1. The van der Waals surface area contributed by atoms with Crippen molar-refractivity contribution in [1.82, 2.24) is 0 Å². The number of rotatable bonds is 6. The van der Waals surface area contributed by atoms with E-state index in [0.29, 0.717) is 0 Å². The molecule has 1 rings (SSSR count). The lowest BCUT2D eigenvalue weighted by molar-refractivity contribution is 0.0697. The maximum absolute atomic E-state index is 10.7. The highest BCUT2D eigenvalue weighted by Crippen LogP contribution is 2.20. The van der Waals surface area contributed by atoms with Gasteiger partial charge in [-0.2, -0.15) is 0 Å². The third kappa shape index (κ3) is 3.74. The van der Waals surface area contributed by atoms with Crippen LogP contribution in [0.15, 0.2) is 18.2 Å². The SMILES string of the molecule is CCCCCNc1ccc(C(=O)O)c(Cl)c1. The zero-order valence-corrected chi connectivity index (χ0v) is 10.0. The van der Waals surface area contributed by atoms with Crippen LogP contribution in [-0.4, -0.2) is 17.6 Å². The van der Waals surface area contributed by atoms with Gasteiger partial charge in [-0.3, -0.25) is 0 Å². The number of aromatic carboxylic acids is 1. The van der Waals surface area contributed by atoms with Gasteiger partial charge in [0.25, 0.3) is 0 Å². The molecule has 0 aliphatic heterocycles. The van der Waals surface area contributed by atoms with E-state index in [0.717, 1.165) is 18.7 Å². The van der Waals surface area contributed by atoms with Gasteiger partial charge in [0.15, 0.2) is 0 Å². The highest BCUT2D eigenvalue weighted by atomic mass is 35.5. The molecule has 0 unspecified atom stereocenters. The molecule has 0 heterocycles. The molecule has 0 aliphatic carbocycles. The van der Waals surface area contributed by atoms with Gasteiger partial charge in [-0.25, -0.2) is 4.79 Å². The first-order valence-electron chi connectivity index (χ1n) is 5.42. The van der Waals surface area contributed by atoms with Crippen molar-refractivity contribution in [3.8, 4) is 0 Å². The quantitative estimate of drug-likeness (QED) is 0.748. The standard InChI is InChI=1S/C12H16ClNO2/c1-2-3-4-7-14-9-5-6-10(12(15)16)11(13)8-9/h5-6,8,14H,2-4,7H2,1H3,(H,15,16). The molecule has 0 radical (unpaired) electrons. The Morgan fingerprint density at radius 1 is 1.44 bits per heavy atom. The fourth-order valence-corrected chi connectivity index (χ4v) is 1.67. The number of hydrogen-bond acceptors (Lipinski definition) is 2. The van der Waals surface area contributed by atoms with Crippen LogP contribution in [0, 0.1) is 0 Å². The summed E-state index contributed by atoms with van der Waals surface area (Å²) in [6.07, 6.45) is 3.48. The second-order valence-corrected chi connectivity index (χ2v) is 4.04. The van der Waals surface area contributed by atoms with Gasteiger partial charge in [0.05, 0.1) is 10.6 Å². The maximum atomic E-state index is 10.7. The monoisotopic (exact) mass is 241 g/mol. The zero-order chi connectivity index (χ0) is 12.0. The van der Waals surface area contributed by atoms with Crippen molar-refractivity contribution in [1.29, 1.82) is 0 Å². The number of nitrogens with one attached hydrogen (secondary N) is 1. The summed E-state index contributed by atoms with van der Waals surface area (Å²) >= 11 is 5.84. The Morgan fingerprint density at radius 3 is 2.75 bits per heavy atom. The summed E-state index contributed by atoms with van der Waals surface area (Å²) < 4.78 is 0. The van der Waals surface area contributed by atoms with Crippen molar-refractivity contribution in [2.75, 3.05) is 11.9 Å². The molecular formula is C12H16ClNO2. The van der Waals surface area contributed by atoms with E-state index < -0.39 is 5.97 Å². The van der Waals surface area contributed by atoms with Crippen molar-refractivity contribution in [2.45, 2.75) is 26.2 Å². The molecule has 0 aliphatic rings. The van der Waals surface area contributed by atoms with Gasteiger partial charge in [-0.15, -0.1) is 0 Å². The summed E-state index contributed by atoms with van der Waals surface area (Å²) in [5, 5.41) is 12.3. The van der Waals surface area contributed by atoms with Gasteiger partial charge in [0, 0.05) is 12.2 Å². The first-order valence-corrected chi connectivity index (χ1v) is 5.79. The molecule has 0 saturated carbocycles. The van der Waals surface area contributed by atoms with E-state index >= 15 is 0 Å². The molecule has 1 aromatic rings. The molecule has 0 aromatic heterocycles. The smallest absolute Gasteiger partial charge is 0.337 e. The van der Waals surface area contributed by atoms with E-state index in [4.69, 9.17) is 16.7 Å². The van der Waals surface area contributed by atoms with Crippen LogP contribution in [-0.2, 0) is 0 Å². The van der Waals surface area contributed by atoms with E-state index in [2.05, 4.69) is 12.2 Å². The van der Waals surface area contributed by atoms with E-state index in [9.17, 15) is 4.79 Å². The molecule has 0 spiro atoms. The van der Waals surface area contributed by atoms with E-state index in [1.807, 2.05) is 0 Å². The second-order valence-electron chi connectivity index (χ2n) is 3.63. The topological polar surface area (TPSA) is 49.3 Å². The van der Waals surface area contributed by atoms with Gasteiger partial charge in [0.1, 0.15) is 0 Å². The lowest BCUT2D eigenvalue weighted by Gasteiger charge is -2.07. The average Bonchev–Trinajstić information content (AvgIpc) is 2.24. The molecule has 3 nitrogen and oxygen atoms in total. The Labute approximate surface area is 100 Å². The number of hydrogen-bond donors (Lipinski definition) is 2. The minimum atomic E-state index is -0.998. The van der Waals surface area contributed by atoms with Crippen LogP contribution in [0.2, 0.25) is 5.02 Å². The van der Waals surface area contributed by atoms with Crippen LogP contribution >= 0.6 is 11.6 Å². The van der Waals surface area contributed by atoms with Crippen LogP contribution in [0.4, 0.5) is 5.69 Å². The number of carboxylic acids is 1. The maximum Gasteiger partial charge on any atom is 0.337 e. The highest BCUT2D eigenvalue weighted by molar-refractivity contribution is 6.33. The molecule has 0 fully saturated rings. The zero-order valence-electron chi connectivity index (χ0n) is 9.29. The number of anilines is 1. The van der Waals surface area contributed by atoms with Crippen molar-refractivity contribution in [3.05, 3.63) is 28.8 Å². The fourth-order valence-electron chi connectivity index (χ4n) is 1.41. The summed E-state index contributed by atoms with van der Waals surface area (Å²) in [4.78, 5) is 10.7. The largest absolute Gasteiger partial charge is 0.478 e. The summed E-state index contributed by atoms with van der Waals surface area (Å²) in [7, 11) is 0. The van der Waals surface area contributed by atoms with E-state index in [1.54, 1.807) is 12.1 Å². The predicted octanol–water partition coefficient (Wildman–Crippen LogP) is 3.64. The minimum absolute atomic E-state index is 0.140. The highest BCUT2D eigenvalue weighted by Gasteiger charge is 2.08. The molecule has 1 aromatic carbocycles. The number of unbranched alkanes of at least 4 members (excludes halogenated alkanes) is 2. The van der Waals surface area contributed by atoms with E-state index in [1.165, 1.54) is 18.9 Å². The Balaban J connectivity index is 2.56. The molecule has 4 heteroatoms. The van der Waals surface area contributed by atoms with Crippen molar-refractivity contribution >= 4 is 23.3 Å². The molecule has 0 bridgehead atoms. The summed E-state index contributed by atoms with van der Waals surface area (Å²) in [6.45, 7) is 3.04. The average molecular weight is 242 g/mol. The van der Waals surface area contributed by atoms with E-state index in [-0.39, 0.29) is 10.6 Å². The molecule has 88 valence electrons. The minimum Gasteiger partial charge on any atom is -0.478 e. The molecule has 2 N–H and O–H groups in total. The van der Waals surface area contributed by atoms with Gasteiger partial charge >= 0.3 is 5.97 Å². The van der Waals surface area contributed by atoms with Gasteiger partial charge in [0.2, 0.25) is 0 Å². The molecule has 16 heavy (non-hydrogen) atoms. The van der Waals surface area contributed by atoms with Crippen molar-refractivity contribution in [2.24, 2.45) is 0 Å². The normalized spacial score (nSPS) is 10.1. The van der Waals surface area contributed by atoms with Crippen LogP contribution in [0.1, 0.15) is 36.5 Å². The van der Waals surface area contributed by atoms with Crippen molar-refractivity contribution in [3.63, 3.8) is 0 Å². The molecule has 0 saturated heterocycles. The second kappa shape index (κ2) is 6.38. The Kier molecular flexibility index (Phi) is 5.12. The van der Waals surface area contributed by atoms with Gasteiger partial charge in [-0.05, 0) is 24.6 Å². The Morgan fingerprint density at radius 2 is 2.19 bits per heavy atom. The number of carbonyl (C=O) groups is 1.